The molecule has 0 aliphatic carbocycles. The van der Waals surface area contributed by atoms with Crippen molar-refractivity contribution >= 4 is 40.3 Å². The number of carbonyl (C=O) groups excluding carboxylic acids is 2. The zero-order valence-corrected chi connectivity index (χ0v) is 14.7. The van der Waals surface area contributed by atoms with Gasteiger partial charge in [0.15, 0.2) is 5.17 Å². The molecule has 0 aromatic heterocycles. The Morgan fingerprint density at radius 2 is 2.13 bits per heavy atom. The second-order valence-electron chi connectivity index (χ2n) is 5.39. The van der Waals surface area contributed by atoms with Crippen molar-refractivity contribution in [1.82, 2.24) is 10.6 Å². The molecule has 1 heterocycles. The Bertz CT molecular complexity index is 604. The summed E-state index contributed by atoms with van der Waals surface area (Å²) in [4.78, 5) is 28.3. The number of carbonyl (C=O) groups is 2. The molecular weight excluding hydrogens is 334 g/mol. The van der Waals surface area contributed by atoms with E-state index in [1.54, 1.807) is 12.1 Å². The maximum absolute atomic E-state index is 12.0. The number of nitrogens with zero attached hydrogens (tertiary/aromatic N) is 1. The first-order valence-electron chi connectivity index (χ1n) is 7.54. The molecule has 1 aromatic rings. The minimum Gasteiger partial charge on any atom is -0.352 e. The topological polar surface area (TPSA) is 70.6 Å². The summed E-state index contributed by atoms with van der Waals surface area (Å²) in [6.45, 7) is 4.45. The van der Waals surface area contributed by atoms with Crippen LogP contribution in [0.5, 0.6) is 0 Å². The van der Waals surface area contributed by atoms with Gasteiger partial charge >= 0.3 is 0 Å². The molecule has 7 heteroatoms. The monoisotopic (exact) mass is 353 g/mol. The van der Waals surface area contributed by atoms with E-state index in [0.717, 1.165) is 12.0 Å². The molecule has 23 heavy (non-hydrogen) atoms. The van der Waals surface area contributed by atoms with Gasteiger partial charge in [-0.25, -0.2) is 0 Å². The van der Waals surface area contributed by atoms with Gasteiger partial charge in [0.25, 0.3) is 0 Å². The number of halogens is 1. The molecule has 0 saturated carbocycles. The number of aliphatic imine (C=N–C) groups is 1. The highest BCUT2D eigenvalue weighted by Gasteiger charge is 2.32. The van der Waals surface area contributed by atoms with Crippen LogP contribution >= 0.6 is 23.4 Å². The number of benzene rings is 1. The van der Waals surface area contributed by atoms with Gasteiger partial charge in [0.2, 0.25) is 11.8 Å². The molecule has 0 radical (unpaired) electrons. The lowest BCUT2D eigenvalue weighted by molar-refractivity contribution is -0.125. The lowest BCUT2D eigenvalue weighted by Gasteiger charge is -2.07. The van der Waals surface area contributed by atoms with Gasteiger partial charge in [-0.05, 0) is 31.0 Å². The van der Waals surface area contributed by atoms with Gasteiger partial charge in [0.05, 0.1) is 0 Å². The van der Waals surface area contributed by atoms with E-state index in [0.29, 0.717) is 16.7 Å². The summed E-state index contributed by atoms with van der Waals surface area (Å²) in [5.74, 6) is -0.309. The SMILES string of the molecule is CC[C@H](C)N=C1NC(=O)[C@@H](CC(=O)NCc2ccc(Cl)cc2)S1. The summed E-state index contributed by atoms with van der Waals surface area (Å²) in [6, 6.07) is 7.44. The standard InChI is InChI=1S/C16H20ClN3O2S/c1-3-10(2)19-16-20-15(22)13(23-16)8-14(21)18-9-11-4-6-12(17)7-5-11/h4-7,10,13H,3,8-9H2,1-2H3,(H,18,21)(H,19,20,22)/t10-,13+/m0/s1. The molecular formula is C16H20ClN3O2S. The number of hydrogen-bond donors (Lipinski definition) is 2. The number of amidine groups is 1. The van der Waals surface area contributed by atoms with Crippen molar-refractivity contribution < 1.29 is 9.59 Å². The van der Waals surface area contributed by atoms with Crippen LogP contribution in [0.1, 0.15) is 32.3 Å². The highest BCUT2D eigenvalue weighted by atomic mass is 35.5. The number of amides is 2. The van der Waals surface area contributed by atoms with Crippen LogP contribution in [0.25, 0.3) is 0 Å². The average molecular weight is 354 g/mol. The van der Waals surface area contributed by atoms with Crippen LogP contribution in [-0.4, -0.2) is 28.3 Å². The zero-order valence-electron chi connectivity index (χ0n) is 13.1. The van der Waals surface area contributed by atoms with Crippen molar-refractivity contribution in [2.75, 3.05) is 0 Å². The average Bonchev–Trinajstić information content (AvgIpc) is 2.86. The second kappa shape index (κ2) is 8.36. The Balaban J connectivity index is 1.82. The minimum atomic E-state index is -0.414. The molecule has 0 bridgehead atoms. The summed E-state index contributed by atoms with van der Waals surface area (Å²) >= 11 is 7.14. The lowest BCUT2D eigenvalue weighted by atomic mass is 10.2. The Labute approximate surface area is 145 Å². The molecule has 1 aromatic carbocycles. The van der Waals surface area contributed by atoms with Gasteiger partial charge in [0.1, 0.15) is 5.25 Å². The van der Waals surface area contributed by atoms with Crippen molar-refractivity contribution in [3.8, 4) is 0 Å². The van der Waals surface area contributed by atoms with E-state index in [1.165, 1.54) is 11.8 Å². The van der Waals surface area contributed by atoms with Crippen LogP contribution in [0.3, 0.4) is 0 Å². The molecule has 2 N–H and O–H groups in total. The van der Waals surface area contributed by atoms with E-state index in [4.69, 9.17) is 11.6 Å². The number of thioether (sulfide) groups is 1. The number of nitrogens with one attached hydrogen (secondary N) is 2. The third kappa shape index (κ3) is 5.55. The van der Waals surface area contributed by atoms with E-state index in [-0.39, 0.29) is 24.3 Å². The molecule has 5 nitrogen and oxygen atoms in total. The minimum absolute atomic E-state index is 0.142. The van der Waals surface area contributed by atoms with E-state index in [1.807, 2.05) is 26.0 Å². The highest BCUT2D eigenvalue weighted by Crippen LogP contribution is 2.23. The van der Waals surface area contributed by atoms with Gasteiger partial charge in [-0.3, -0.25) is 14.6 Å². The smallest absolute Gasteiger partial charge is 0.240 e. The van der Waals surface area contributed by atoms with E-state index in [2.05, 4.69) is 15.6 Å². The molecule has 1 aliphatic rings. The molecule has 2 amide bonds. The molecule has 1 saturated heterocycles. The van der Waals surface area contributed by atoms with Crippen LogP contribution in [0.2, 0.25) is 5.02 Å². The maximum Gasteiger partial charge on any atom is 0.240 e. The third-order valence-electron chi connectivity index (χ3n) is 3.48. The number of rotatable bonds is 6. The fraction of sp³-hybridized carbons (Fsp3) is 0.438. The van der Waals surface area contributed by atoms with Crippen molar-refractivity contribution in [3.63, 3.8) is 0 Å². The zero-order chi connectivity index (χ0) is 16.8. The van der Waals surface area contributed by atoms with Crippen LogP contribution in [0, 0.1) is 0 Å². The van der Waals surface area contributed by atoms with E-state index >= 15 is 0 Å². The van der Waals surface area contributed by atoms with Gasteiger partial charge < -0.3 is 10.6 Å². The predicted octanol–water partition coefficient (Wildman–Crippen LogP) is 2.73. The molecule has 0 unspecified atom stereocenters. The largest absolute Gasteiger partial charge is 0.352 e. The Kier molecular flexibility index (Phi) is 6.47. The highest BCUT2D eigenvalue weighted by molar-refractivity contribution is 8.15. The summed E-state index contributed by atoms with van der Waals surface area (Å²) < 4.78 is 0. The predicted molar refractivity (Wildman–Crippen MR) is 94.6 cm³/mol. The fourth-order valence-corrected chi connectivity index (χ4v) is 3.13. The first kappa shape index (κ1) is 17.8. The summed E-state index contributed by atoms with van der Waals surface area (Å²) in [5.41, 5.74) is 0.963. The summed E-state index contributed by atoms with van der Waals surface area (Å²) in [6.07, 6.45) is 1.05. The fourth-order valence-electron chi connectivity index (χ4n) is 1.94. The van der Waals surface area contributed by atoms with Crippen molar-refractivity contribution in [3.05, 3.63) is 34.9 Å². The van der Waals surface area contributed by atoms with Gasteiger partial charge in [-0.1, -0.05) is 42.4 Å². The molecule has 2 rings (SSSR count). The van der Waals surface area contributed by atoms with Crippen molar-refractivity contribution in [1.29, 1.82) is 0 Å². The first-order chi connectivity index (χ1) is 11.0. The van der Waals surface area contributed by atoms with Gasteiger partial charge in [0, 0.05) is 24.0 Å². The van der Waals surface area contributed by atoms with E-state index < -0.39 is 5.25 Å². The summed E-state index contributed by atoms with van der Waals surface area (Å²) in [5, 5.41) is 6.41. The quantitative estimate of drug-likeness (QED) is 0.826. The second-order valence-corrected chi connectivity index (χ2v) is 7.02. The number of hydrogen-bond acceptors (Lipinski definition) is 4. The maximum atomic E-state index is 12.0. The van der Waals surface area contributed by atoms with Crippen LogP contribution in [0.4, 0.5) is 0 Å². The lowest BCUT2D eigenvalue weighted by Crippen LogP contribution is -2.31. The van der Waals surface area contributed by atoms with Crippen molar-refractivity contribution in [2.24, 2.45) is 4.99 Å². The Morgan fingerprint density at radius 3 is 2.78 bits per heavy atom. The van der Waals surface area contributed by atoms with Crippen LogP contribution in [-0.2, 0) is 16.1 Å². The molecule has 1 fully saturated rings. The van der Waals surface area contributed by atoms with E-state index in [9.17, 15) is 9.59 Å². The third-order valence-corrected chi connectivity index (χ3v) is 4.83. The normalized spacial score (nSPS) is 20.4. The van der Waals surface area contributed by atoms with Crippen LogP contribution in [0.15, 0.2) is 29.3 Å². The first-order valence-corrected chi connectivity index (χ1v) is 8.80. The molecule has 2 atom stereocenters. The Morgan fingerprint density at radius 1 is 1.43 bits per heavy atom. The molecule has 0 spiro atoms. The molecule has 124 valence electrons. The van der Waals surface area contributed by atoms with Crippen LogP contribution < -0.4 is 10.6 Å². The summed E-state index contributed by atoms with van der Waals surface area (Å²) in [7, 11) is 0. The van der Waals surface area contributed by atoms with Gasteiger partial charge in [-0.15, -0.1) is 0 Å². The molecule has 1 aliphatic heterocycles. The van der Waals surface area contributed by atoms with Gasteiger partial charge in [-0.2, -0.15) is 0 Å². The Hall–Kier alpha value is -1.53. The van der Waals surface area contributed by atoms with Crippen molar-refractivity contribution in [2.45, 2.75) is 44.5 Å².